The number of hydrogen-bond donors (Lipinski definition) is 1. The highest BCUT2D eigenvalue weighted by Crippen LogP contribution is 2.26. The molecule has 2 saturated heterocycles. The first-order valence-corrected chi connectivity index (χ1v) is 10.5. The molecular formula is C21H26ClN5O2. The average Bonchev–Trinajstić information content (AvgIpc) is 3.10. The van der Waals surface area contributed by atoms with Crippen LogP contribution in [0, 0.1) is 0 Å². The number of benzene rings is 1. The molecule has 1 aromatic heterocycles. The summed E-state index contributed by atoms with van der Waals surface area (Å²) in [5, 5.41) is 10.2. The third-order valence-electron chi connectivity index (χ3n) is 5.72. The van der Waals surface area contributed by atoms with E-state index in [4.69, 9.17) is 11.6 Å². The third kappa shape index (κ3) is 4.46. The van der Waals surface area contributed by atoms with Crippen molar-refractivity contribution >= 4 is 29.1 Å². The number of anilines is 2. The van der Waals surface area contributed by atoms with Gasteiger partial charge in [0, 0.05) is 49.4 Å². The van der Waals surface area contributed by atoms with Crippen LogP contribution in [0.3, 0.4) is 0 Å². The lowest BCUT2D eigenvalue weighted by Gasteiger charge is -2.26. The summed E-state index contributed by atoms with van der Waals surface area (Å²) in [7, 11) is 0. The summed E-state index contributed by atoms with van der Waals surface area (Å²) >= 11 is 5.93. The normalized spacial score (nSPS) is 20.1. The van der Waals surface area contributed by atoms with Crippen molar-refractivity contribution in [2.75, 3.05) is 49.1 Å². The SMILES string of the molecule is O=C(c1ccc(Cl)cc1)N1CCCN(c2cc(N3CCCC3CO)ncn2)CC1. The monoisotopic (exact) mass is 415 g/mol. The van der Waals surface area contributed by atoms with Gasteiger partial charge in [-0.1, -0.05) is 11.6 Å². The van der Waals surface area contributed by atoms with Gasteiger partial charge in [0.25, 0.3) is 5.91 Å². The van der Waals surface area contributed by atoms with E-state index in [1.54, 1.807) is 30.6 Å². The van der Waals surface area contributed by atoms with Gasteiger partial charge in [-0.15, -0.1) is 0 Å². The summed E-state index contributed by atoms with van der Waals surface area (Å²) in [5.74, 6) is 1.78. The van der Waals surface area contributed by atoms with Gasteiger partial charge in [0.1, 0.15) is 18.0 Å². The van der Waals surface area contributed by atoms with Crippen molar-refractivity contribution in [3.8, 4) is 0 Å². The topological polar surface area (TPSA) is 72.8 Å². The summed E-state index contributed by atoms with van der Waals surface area (Å²) in [6, 6.07) is 9.19. The largest absolute Gasteiger partial charge is 0.394 e. The minimum atomic E-state index is 0.0368. The van der Waals surface area contributed by atoms with Crippen molar-refractivity contribution in [3.63, 3.8) is 0 Å². The molecule has 0 spiro atoms. The Balaban J connectivity index is 1.44. The highest BCUT2D eigenvalue weighted by molar-refractivity contribution is 6.30. The van der Waals surface area contributed by atoms with Crippen molar-refractivity contribution in [2.24, 2.45) is 0 Å². The molecular weight excluding hydrogens is 390 g/mol. The van der Waals surface area contributed by atoms with Crippen LogP contribution in [0.1, 0.15) is 29.6 Å². The fourth-order valence-corrected chi connectivity index (χ4v) is 4.24. The Hall–Kier alpha value is -2.38. The van der Waals surface area contributed by atoms with E-state index in [0.29, 0.717) is 23.7 Å². The highest BCUT2D eigenvalue weighted by Gasteiger charge is 2.26. The number of nitrogens with zero attached hydrogens (tertiary/aromatic N) is 5. The van der Waals surface area contributed by atoms with E-state index in [-0.39, 0.29) is 18.6 Å². The van der Waals surface area contributed by atoms with Crippen molar-refractivity contribution in [1.82, 2.24) is 14.9 Å². The number of halogens is 1. The van der Waals surface area contributed by atoms with Crippen LogP contribution in [-0.2, 0) is 0 Å². The molecule has 7 nitrogen and oxygen atoms in total. The van der Waals surface area contributed by atoms with Crippen molar-refractivity contribution in [1.29, 1.82) is 0 Å². The quantitative estimate of drug-likeness (QED) is 0.826. The Morgan fingerprint density at radius 3 is 2.62 bits per heavy atom. The Labute approximate surface area is 175 Å². The molecule has 0 bridgehead atoms. The number of aliphatic hydroxyl groups excluding tert-OH is 1. The smallest absolute Gasteiger partial charge is 0.253 e. The first-order chi connectivity index (χ1) is 14.2. The van der Waals surface area contributed by atoms with Crippen LogP contribution in [0.15, 0.2) is 36.7 Å². The Kier molecular flexibility index (Phi) is 6.16. The molecule has 2 aliphatic rings. The predicted octanol–water partition coefficient (Wildman–Crippen LogP) is 2.44. The fraction of sp³-hybridized carbons (Fsp3) is 0.476. The maximum atomic E-state index is 12.8. The van der Waals surface area contributed by atoms with Crippen LogP contribution in [0.4, 0.5) is 11.6 Å². The first-order valence-electron chi connectivity index (χ1n) is 10.1. The zero-order valence-corrected chi connectivity index (χ0v) is 17.1. The van der Waals surface area contributed by atoms with Gasteiger partial charge in [-0.2, -0.15) is 0 Å². The number of rotatable bonds is 4. The van der Waals surface area contributed by atoms with Gasteiger partial charge in [0.05, 0.1) is 12.6 Å². The zero-order valence-electron chi connectivity index (χ0n) is 16.4. The molecule has 0 aliphatic carbocycles. The molecule has 4 rings (SSSR count). The van der Waals surface area contributed by atoms with Crippen LogP contribution >= 0.6 is 11.6 Å². The summed E-state index contributed by atoms with van der Waals surface area (Å²) < 4.78 is 0. The number of carbonyl (C=O) groups is 1. The van der Waals surface area contributed by atoms with Gasteiger partial charge in [0.15, 0.2) is 0 Å². The summed E-state index contributed by atoms with van der Waals surface area (Å²) in [6.07, 6.45) is 4.53. The van der Waals surface area contributed by atoms with E-state index in [0.717, 1.165) is 50.5 Å². The Bertz CT molecular complexity index is 847. The van der Waals surface area contributed by atoms with E-state index >= 15 is 0 Å². The fourth-order valence-electron chi connectivity index (χ4n) is 4.12. The minimum Gasteiger partial charge on any atom is -0.394 e. The van der Waals surface area contributed by atoms with Gasteiger partial charge in [-0.3, -0.25) is 4.79 Å². The first kappa shape index (κ1) is 19.9. The van der Waals surface area contributed by atoms with E-state index in [9.17, 15) is 9.90 Å². The molecule has 2 fully saturated rings. The van der Waals surface area contributed by atoms with Gasteiger partial charge in [-0.05, 0) is 43.5 Å². The molecule has 1 aromatic carbocycles. The lowest BCUT2D eigenvalue weighted by molar-refractivity contribution is 0.0767. The van der Waals surface area contributed by atoms with E-state index < -0.39 is 0 Å². The standard InChI is InChI=1S/C21H26ClN5O2/c22-17-6-4-16(5-7-17)21(29)26-9-2-8-25(11-12-26)19-13-20(24-15-23-19)27-10-1-3-18(27)14-28/h4-7,13,15,18,28H,1-3,8-12,14H2. The van der Waals surface area contributed by atoms with Gasteiger partial charge >= 0.3 is 0 Å². The summed E-state index contributed by atoms with van der Waals surface area (Å²) in [4.78, 5) is 28.0. The minimum absolute atomic E-state index is 0.0368. The van der Waals surface area contributed by atoms with Crippen LogP contribution in [-0.4, -0.2) is 71.3 Å². The number of carbonyl (C=O) groups excluding carboxylic acids is 1. The molecule has 1 atom stereocenters. The molecule has 8 heteroatoms. The van der Waals surface area contributed by atoms with Gasteiger partial charge < -0.3 is 19.8 Å². The average molecular weight is 416 g/mol. The van der Waals surface area contributed by atoms with Crippen molar-refractivity contribution < 1.29 is 9.90 Å². The number of aliphatic hydroxyl groups is 1. The Morgan fingerprint density at radius 1 is 1.03 bits per heavy atom. The second-order valence-corrected chi connectivity index (χ2v) is 7.98. The van der Waals surface area contributed by atoms with E-state index in [2.05, 4.69) is 19.8 Å². The van der Waals surface area contributed by atoms with Crippen LogP contribution < -0.4 is 9.80 Å². The molecule has 0 radical (unpaired) electrons. The third-order valence-corrected chi connectivity index (χ3v) is 5.97. The van der Waals surface area contributed by atoms with Crippen molar-refractivity contribution in [2.45, 2.75) is 25.3 Å². The lowest BCUT2D eigenvalue weighted by Crippen LogP contribution is -2.35. The maximum absolute atomic E-state index is 12.8. The molecule has 2 aromatic rings. The lowest BCUT2D eigenvalue weighted by atomic mass is 10.2. The zero-order chi connectivity index (χ0) is 20.2. The molecule has 1 N–H and O–H groups in total. The molecule has 1 unspecified atom stereocenters. The van der Waals surface area contributed by atoms with E-state index in [1.165, 1.54) is 0 Å². The number of aromatic nitrogens is 2. The second kappa shape index (κ2) is 8.97. The predicted molar refractivity (Wildman–Crippen MR) is 114 cm³/mol. The summed E-state index contributed by atoms with van der Waals surface area (Å²) in [5.41, 5.74) is 0.663. The highest BCUT2D eigenvalue weighted by atomic mass is 35.5. The molecule has 1 amide bonds. The number of amides is 1. The van der Waals surface area contributed by atoms with Crippen LogP contribution in [0.5, 0.6) is 0 Å². The second-order valence-electron chi connectivity index (χ2n) is 7.55. The van der Waals surface area contributed by atoms with Crippen LogP contribution in [0.25, 0.3) is 0 Å². The molecule has 154 valence electrons. The molecule has 3 heterocycles. The Morgan fingerprint density at radius 2 is 1.83 bits per heavy atom. The number of hydrogen-bond acceptors (Lipinski definition) is 6. The van der Waals surface area contributed by atoms with Crippen molar-refractivity contribution in [3.05, 3.63) is 47.2 Å². The van der Waals surface area contributed by atoms with Crippen LogP contribution in [0.2, 0.25) is 5.02 Å². The molecule has 0 saturated carbocycles. The molecule has 29 heavy (non-hydrogen) atoms. The molecule has 2 aliphatic heterocycles. The van der Waals surface area contributed by atoms with Gasteiger partial charge in [-0.25, -0.2) is 9.97 Å². The van der Waals surface area contributed by atoms with E-state index in [1.807, 2.05) is 11.0 Å². The van der Waals surface area contributed by atoms with Gasteiger partial charge in [0.2, 0.25) is 0 Å². The summed E-state index contributed by atoms with van der Waals surface area (Å²) in [6.45, 7) is 3.97. The maximum Gasteiger partial charge on any atom is 0.253 e.